The quantitative estimate of drug-likeness (QED) is 0.729. The topological polar surface area (TPSA) is 93.4 Å². The van der Waals surface area contributed by atoms with Crippen molar-refractivity contribution >= 4 is 21.4 Å². The van der Waals surface area contributed by atoms with Crippen LogP contribution in [0.2, 0.25) is 0 Å². The molecule has 7 nitrogen and oxygen atoms in total. The van der Waals surface area contributed by atoms with Crippen molar-refractivity contribution in [3.8, 4) is 11.3 Å². The summed E-state index contributed by atoms with van der Waals surface area (Å²) >= 11 is 0. The zero-order valence-electron chi connectivity index (χ0n) is 15.6. The van der Waals surface area contributed by atoms with E-state index in [0.717, 1.165) is 30.4 Å². The molecule has 3 aromatic rings. The molecule has 2 heterocycles. The molecule has 2 aromatic heterocycles. The van der Waals surface area contributed by atoms with E-state index < -0.39 is 9.84 Å². The predicted molar refractivity (Wildman–Crippen MR) is 106 cm³/mol. The summed E-state index contributed by atoms with van der Waals surface area (Å²) < 4.78 is 25.5. The van der Waals surface area contributed by atoms with Crippen molar-refractivity contribution in [2.24, 2.45) is 0 Å². The Balaban J connectivity index is 1.60. The van der Waals surface area contributed by atoms with Gasteiger partial charge in [0.1, 0.15) is 0 Å². The number of fused-ring (bicyclic) bond motifs is 1. The monoisotopic (exact) mass is 398 g/mol. The molecule has 0 atom stereocenters. The van der Waals surface area contributed by atoms with E-state index in [1.54, 1.807) is 28.9 Å². The van der Waals surface area contributed by atoms with Gasteiger partial charge in [0.25, 0.3) is 5.91 Å². The summed E-state index contributed by atoms with van der Waals surface area (Å²) in [7, 11) is -3.48. The van der Waals surface area contributed by atoms with Gasteiger partial charge in [0, 0.05) is 35.8 Å². The molecule has 0 unspecified atom stereocenters. The molecule has 0 saturated heterocycles. The largest absolute Gasteiger partial charge is 0.349 e. The smallest absolute Gasteiger partial charge is 0.251 e. The summed E-state index contributed by atoms with van der Waals surface area (Å²) in [6.45, 7) is 0. The molecule has 1 fully saturated rings. The first-order chi connectivity index (χ1) is 13.4. The van der Waals surface area contributed by atoms with Gasteiger partial charge in [0.05, 0.1) is 11.9 Å². The van der Waals surface area contributed by atoms with Crippen LogP contribution in [0.15, 0.2) is 47.9 Å². The van der Waals surface area contributed by atoms with Crippen molar-refractivity contribution in [1.29, 1.82) is 0 Å². The highest BCUT2D eigenvalue weighted by molar-refractivity contribution is 7.90. The Hall–Kier alpha value is -2.74. The maximum absolute atomic E-state index is 12.5. The number of imidazole rings is 1. The molecule has 0 bridgehead atoms. The van der Waals surface area contributed by atoms with E-state index >= 15 is 0 Å². The van der Waals surface area contributed by atoms with Crippen LogP contribution in [-0.2, 0) is 9.84 Å². The number of rotatable bonds is 4. The Morgan fingerprint density at radius 2 is 1.82 bits per heavy atom. The number of amides is 1. The minimum Gasteiger partial charge on any atom is -0.349 e. The number of carbonyl (C=O) groups is 1. The average molecular weight is 398 g/mol. The van der Waals surface area contributed by atoms with Crippen LogP contribution < -0.4 is 5.32 Å². The summed E-state index contributed by atoms with van der Waals surface area (Å²) in [5, 5.41) is 3.06. The van der Waals surface area contributed by atoms with Gasteiger partial charge in [-0.25, -0.2) is 18.4 Å². The SMILES string of the molecule is CS(=O)(=O)c1nccn2c(-c3ccc(C(=O)NC4CCCCC4)cc3)cnc12. The number of hydrogen-bond acceptors (Lipinski definition) is 5. The molecule has 1 amide bonds. The fourth-order valence-corrected chi connectivity index (χ4v) is 4.41. The van der Waals surface area contributed by atoms with Crippen LogP contribution in [0.1, 0.15) is 42.5 Å². The van der Waals surface area contributed by atoms with E-state index in [9.17, 15) is 13.2 Å². The third-order valence-electron chi connectivity index (χ3n) is 5.13. The van der Waals surface area contributed by atoms with E-state index in [2.05, 4.69) is 15.3 Å². The number of nitrogens with one attached hydrogen (secondary N) is 1. The van der Waals surface area contributed by atoms with Crippen molar-refractivity contribution in [3.05, 3.63) is 48.4 Å². The molecule has 1 aliphatic carbocycles. The summed E-state index contributed by atoms with van der Waals surface area (Å²) in [6.07, 6.45) is 11.5. The molecule has 8 heteroatoms. The van der Waals surface area contributed by atoms with Gasteiger partial charge in [-0.3, -0.25) is 9.20 Å². The average Bonchev–Trinajstić information content (AvgIpc) is 3.12. The Morgan fingerprint density at radius 1 is 1.11 bits per heavy atom. The molecule has 1 N–H and O–H groups in total. The first kappa shape index (κ1) is 18.6. The van der Waals surface area contributed by atoms with E-state index in [1.165, 1.54) is 25.5 Å². The number of carbonyl (C=O) groups excluding carboxylic acids is 1. The number of nitrogens with zero attached hydrogens (tertiary/aromatic N) is 3. The highest BCUT2D eigenvalue weighted by Gasteiger charge is 2.19. The van der Waals surface area contributed by atoms with Crippen molar-refractivity contribution in [2.75, 3.05) is 6.26 Å². The number of aromatic nitrogens is 3. The van der Waals surface area contributed by atoms with Gasteiger partial charge < -0.3 is 5.32 Å². The Bertz CT molecular complexity index is 1110. The first-order valence-corrected chi connectivity index (χ1v) is 11.3. The van der Waals surface area contributed by atoms with Gasteiger partial charge >= 0.3 is 0 Å². The second kappa shape index (κ2) is 7.35. The lowest BCUT2D eigenvalue weighted by Crippen LogP contribution is -2.36. The normalized spacial score (nSPS) is 15.6. The summed E-state index contributed by atoms with van der Waals surface area (Å²) in [6, 6.07) is 7.53. The lowest BCUT2D eigenvalue weighted by Gasteiger charge is -2.22. The molecule has 0 spiro atoms. The number of hydrogen-bond donors (Lipinski definition) is 1. The second-order valence-electron chi connectivity index (χ2n) is 7.23. The maximum atomic E-state index is 12.5. The van der Waals surface area contributed by atoms with Crippen LogP contribution in [-0.4, -0.2) is 41.0 Å². The van der Waals surface area contributed by atoms with Crippen LogP contribution in [0.3, 0.4) is 0 Å². The third kappa shape index (κ3) is 3.64. The minimum atomic E-state index is -3.48. The maximum Gasteiger partial charge on any atom is 0.251 e. The molecule has 1 aromatic carbocycles. The van der Waals surface area contributed by atoms with Gasteiger partial charge in [0.15, 0.2) is 20.5 Å². The summed E-state index contributed by atoms with van der Waals surface area (Å²) in [5.41, 5.74) is 2.48. The summed E-state index contributed by atoms with van der Waals surface area (Å²) in [4.78, 5) is 20.7. The minimum absolute atomic E-state index is 0.0512. The fraction of sp³-hybridized carbons (Fsp3) is 0.350. The van der Waals surface area contributed by atoms with E-state index in [-0.39, 0.29) is 17.0 Å². The van der Waals surface area contributed by atoms with Crippen LogP contribution in [0.4, 0.5) is 0 Å². The molecule has 1 aliphatic rings. The Labute approximate surface area is 163 Å². The summed E-state index contributed by atoms with van der Waals surface area (Å²) in [5.74, 6) is -0.0554. The number of benzene rings is 1. The third-order valence-corrected chi connectivity index (χ3v) is 6.12. The van der Waals surface area contributed by atoms with Gasteiger partial charge in [-0.05, 0) is 25.0 Å². The molecule has 0 radical (unpaired) electrons. The zero-order chi connectivity index (χ0) is 19.7. The highest BCUT2D eigenvalue weighted by atomic mass is 32.2. The van der Waals surface area contributed by atoms with Gasteiger partial charge in [-0.1, -0.05) is 31.4 Å². The molecule has 28 heavy (non-hydrogen) atoms. The lowest BCUT2D eigenvalue weighted by atomic mass is 9.95. The van der Waals surface area contributed by atoms with Crippen molar-refractivity contribution in [3.63, 3.8) is 0 Å². The number of sulfone groups is 1. The molecular formula is C20H22N4O3S. The lowest BCUT2D eigenvalue weighted by molar-refractivity contribution is 0.0927. The van der Waals surface area contributed by atoms with Crippen LogP contribution in [0, 0.1) is 0 Å². The fourth-order valence-electron chi connectivity index (χ4n) is 3.68. The van der Waals surface area contributed by atoms with Gasteiger partial charge in [-0.15, -0.1) is 0 Å². The second-order valence-corrected chi connectivity index (χ2v) is 9.16. The highest BCUT2D eigenvalue weighted by Crippen LogP contribution is 2.24. The van der Waals surface area contributed by atoms with Crippen molar-refractivity contribution in [1.82, 2.24) is 19.7 Å². The van der Waals surface area contributed by atoms with Crippen molar-refractivity contribution in [2.45, 2.75) is 43.2 Å². The van der Waals surface area contributed by atoms with Crippen molar-refractivity contribution < 1.29 is 13.2 Å². The van der Waals surface area contributed by atoms with E-state index in [4.69, 9.17) is 0 Å². The Morgan fingerprint density at radius 3 is 2.50 bits per heavy atom. The van der Waals surface area contributed by atoms with E-state index in [0.29, 0.717) is 11.2 Å². The Kier molecular flexibility index (Phi) is 4.89. The molecule has 1 saturated carbocycles. The van der Waals surface area contributed by atoms with Gasteiger partial charge in [0.2, 0.25) is 0 Å². The molecule has 0 aliphatic heterocycles. The van der Waals surface area contributed by atoms with Gasteiger partial charge in [-0.2, -0.15) is 0 Å². The van der Waals surface area contributed by atoms with Crippen LogP contribution >= 0.6 is 0 Å². The zero-order valence-corrected chi connectivity index (χ0v) is 16.4. The van der Waals surface area contributed by atoms with Crippen LogP contribution in [0.25, 0.3) is 16.9 Å². The molecular weight excluding hydrogens is 376 g/mol. The molecule has 146 valence electrons. The molecule has 4 rings (SSSR count). The van der Waals surface area contributed by atoms with Crippen LogP contribution in [0.5, 0.6) is 0 Å². The first-order valence-electron chi connectivity index (χ1n) is 9.37. The standard InChI is InChI=1S/C20H22N4O3S/c1-28(26,27)20-18-22-13-17(24(18)12-11-21-20)14-7-9-15(10-8-14)19(25)23-16-5-3-2-4-6-16/h7-13,16H,2-6H2,1H3,(H,23,25). The van der Waals surface area contributed by atoms with E-state index in [1.807, 2.05) is 12.1 Å². The predicted octanol–water partition coefficient (Wildman–Crippen LogP) is 2.86.